The molecule has 3 rings (SSSR count). The van der Waals surface area contributed by atoms with Crippen molar-refractivity contribution in [3.05, 3.63) is 48.0 Å². The molecule has 0 aliphatic carbocycles. The molecular formula is C23H28N4O4S2. The Bertz CT molecular complexity index is 1280. The lowest BCUT2D eigenvalue weighted by atomic mass is 10.1. The van der Waals surface area contributed by atoms with E-state index in [1.165, 1.54) is 23.0 Å². The summed E-state index contributed by atoms with van der Waals surface area (Å²) in [5.74, 6) is -0.282. The number of carbonyl (C=O) groups excluding carboxylic acids is 2. The van der Waals surface area contributed by atoms with E-state index in [9.17, 15) is 18.0 Å². The number of nitrogens with one attached hydrogen (secondary N) is 1. The van der Waals surface area contributed by atoms with Gasteiger partial charge in [-0.3, -0.25) is 9.59 Å². The number of rotatable bonds is 10. The van der Waals surface area contributed by atoms with Crippen LogP contribution in [0.1, 0.15) is 38.1 Å². The van der Waals surface area contributed by atoms with Crippen LogP contribution in [0.3, 0.4) is 0 Å². The Morgan fingerprint density at radius 2 is 1.79 bits per heavy atom. The van der Waals surface area contributed by atoms with E-state index in [-0.39, 0.29) is 22.3 Å². The first-order valence-electron chi connectivity index (χ1n) is 10.8. The summed E-state index contributed by atoms with van der Waals surface area (Å²) in [5, 5.41) is 3.41. The highest BCUT2D eigenvalue weighted by Gasteiger charge is 2.23. The van der Waals surface area contributed by atoms with Gasteiger partial charge < -0.3 is 9.88 Å². The van der Waals surface area contributed by atoms with Gasteiger partial charge in [0.05, 0.1) is 27.4 Å². The molecule has 0 unspecified atom stereocenters. The maximum Gasteiger partial charge on any atom is 0.243 e. The second-order valence-corrected chi connectivity index (χ2v) is 10.2. The van der Waals surface area contributed by atoms with Gasteiger partial charge in [0.15, 0.2) is 10.9 Å². The van der Waals surface area contributed by atoms with Gasteiger partial charge in [-0.1, -0.05) is 37.7 Å². The number of benzene rings is 2. The number of carbonyl (C=O) groups is 2. The number of aromatic nitrogens is 2. The molecule has 0 fully saturated rings. The lowest BCUT2D eigenvalue weighted by Crippen LogP contribution is -2.30. The monoisotopic (exact) mass is 488 g/mol. The molecule has 0 atom stereocenters. The summed E-state index contributed by atoms with van der Waals surface area (Å²) >= 11 is 1.26. The maximum atomic E-state index is 12.9. The van der Waals surface area contributed by atoms with E-state index in [2.05, 4.69) is 10.3 Å². The molecule has 1 N–H and O–H groups in total. The Balaban J connectivity index is 1.82. The van der Waals surface area contributed by atoms with E-state index in [0.717, 1.165) is 5.52 Å². The maximum absolute atomic E-state index is 12.9. The number of fused-ring (bicyclic) bond motifs is 1. The van der Waals surface area contributed by atoms with Gasteiger partial charge in [-0.05, 0) is 44.2 Å². The van der Waals surface area contributed by atoms with Crippen LogP contribution in [0.2, 0.25) is 0 Å². The quantitative estimate of drug-likeness (QED) is 0.342. The Labute approximate surface area is 198 Å². The van der Waals surface area contributed by atoms with Crippen LogP contribution < -0.4 is 5.32 Å². The molecule has 0 saturated carbocycles. The summed E-state index contributed by atoms with van der Waals surface area (Å²) in [6.45, 7) is 8.44. The van der Waals surface area contributed by atoms with Crippen molar-refractivity contribution in [2.45, 2.75) is 44.3 Å². The number of nitrogens with zero attached hydrogens (tertiary/aromatic N) is 3. The lowest BCUT2D eigenvalue weighted by molar-refractivity contribution is -0.113. The van der Waals surface area contributed by atoms with Crippen molar-refractivity contribution >= 4 is 50.2 Å². The fourth-order valence-corrected chi connectivity index (χ4v) is 5.95. The predicted octanol–water partition coefficient (Wildman–Crippen LogP) is 4.02. The highest BCUT2D eigenvalue weighted by Crippen LogP contribution is 2.27. The summed E-state index contributed by atoms with van der Waals surface area (Å²) < 4.78 is 29.1. The van der Waals surface area contributed by atoms with Crippen molar-refractivity contribution in [3.8, 4) is 0 Å². The van der Waals surface area contributed by atoms with Gasteiger partial charge in [0.25, 0.3) is 0 Å². The molecule has 1 aromatic heterocycles. The number of ketones is 1. The number of Topliss-reactive ketones (excluding diaryl/α,β-unsaturated/α-hetero) is 1. The van der Waals surface area contributed by atoms with E-state index in [4.69, 9.17) is 0 Å². The molecule has 0 aliphatic rings. The first-order valence-corrected chi connectivity index (χ1v) is 13.2. The van der Waals surface area contributed by atoms with Crippen molar-refractivity contribution < 1.29 is 18.0 Å². The van der Waals surface area contributed by atoms with E-state index in [1.807, 2.05) is 11.5 Å². The normalized spacial score (nSPS) is 11.8. The van der Waals surface area contributed by atoms with Crippen LogP contribution in [-0.4, -0.2) is 52.8 Å². The third kappa shape index (κ3) is 5.29. The van der Waals surface area contributed by atoms with Crippen molar-refractivity contribution in [2.75, 3.05) is 24.2 Å². The standard InChI is InChI=1S/C23H28N4O4S2/c1-5-26(6-2)33(30,31)17-12-13-21-20(14-17)25-23(27(21)7-3)32-15-22(29)24-19-11-9-8-10-18(19)16(4)28/h8-14H,5-7,15H2,1-4H3,(H,24,29). The molecule has 3 aromatic rings. The summed E-state index contributed by atoms with van der Waals surface area (Å²) in [4.78, 5) is 29.1. The molecule has 2 aromatic carbocycles. The second kappa shape index (κ2) is 10.5. The topological polar surface area (TPSA) is 101 Å². The number of aryl methyl sites for hydroxylation is 1. The molecule has 176 valence electrons. The summed E-state index contributed by atoms with van der Waals surface area (Å²) in [5.41, 5.74) is 2.31. The third-order valence-corrected chi connectivity index (χ3v) is 8.28. The summed E-state index contributed by atoms with van der Waals surface area (Å²) in [6, 6.07) is 11.8. The highest BCUT2D eigenvalue weighted by atomic mass is 32.2. The largest absolute Gasteiger partial charge is 0.325 e. The zero-order valence-electron chi connectivity index (χ0n) is 19.2. The van der Waals surface area contributed by atoms with Gasteiger partial charge in [-0.15, -0.1) is 0 Å². The van der Waals surface area contributed by atoms with Gasteiger partial charge >= 0.3 is 0 Å². The number of sulfonamides is 1. The zero-order chi connectivity index (χ0) is 24.2. The Morgan fingerprint density at radius 3 is 2.42 bits per heavy atom. The first kappa shape index (κ1) is 24.9. The Hall–Kier alpha value is -2.69. The number of hydrogen-bond donors (Lipinski definition) is 1. The van der Waals surface area contributed by atoms with Crippen LogP contribution in [-0.2, 0) is 21.4 Å². The van der Waals surface area contributed by atoms with Gasteiger partial charge in [-0.25, -0.2) is 13.4 Å². The fourth-order valence-electron chi connectivity index (χ4n) is 3.59. The van der Waals surface area contributed by atoms with Crippen LogP contribution in [0.5, 0.6) is 0 Å². The molecule has 33 heavy (non-hydrogen) atoms. The molecule has 0 bridgehead atoms. The van der Waals surface area contributed by atoms with E-state index in [0.29, 0.717) is 41.6 Å². The average Bonchev–Trinajstić information content (AvgIpc) is 3.15. The number of para-hydroxylation sites is 1. The molecule has 0 saturated heterocycles. The average molecular weight is 489 g/mol. The number of thioether (sulfide) groups is 1. The minimum atomic E-state index is -3.59. The van der Waals surface area contributed by atoms with Crippen molar-refractivity contribution in [1.82, 2.24) is 13.9 Å². The molecule has 10 heteroatoms. The Kier molecular flexibility index (Phi) is 7.93. The molecule has 0 spiro atoms. The number of imidazole rings is 1. The second-order valence-electron chi connectivity index (χ2n) is 7.32. The Morgan fingerprint density at radius 1 is 1.09 bits per heavy atom. The van der Waals surface area contributed by atoms with Gasteiger partial charge in [-0.2, -0.15) is 4.31 Å². The third-order valence-electron chi connectivity index (χ3n) is 5.26. The van der Waals surface area contributed by atoms with Crippen LogP contribution >= 0.6 is 11.8 Å². The molecule has 1 amide bonds. The molecule has 8 nitrogen and oxygen atoms in total. The van der Waals surface area contributed by atoms with Crippen LogP contribution in [0, 0.1) is 0 Å². The van der Waals surface area contributed by atoms with Crippen LogP contribution in [0.25, 0.3) is 11.0 Å². The molecule has 1 heterocycles. The predicted molar refractivity (Wildman–Crippen MR) is 131 cm³/mol. The number of anilines is 1. The minimum Gasteiger partial charge on any atom is -0.325 e. The minimum absolute atomic E-state index is 0.0974. The first-order chi connectivity index (χ1) is 15.7. The number of amides is 1. The van der Waals surface area contributed by atoms with Crippen LogP contribution in [0.15, 0.2) is 52.5 Å². The van der Waals surface area contributed by atoms with E-state index >= 15 is 0 Å². The SMILES string of the molecule is CCN(CC)S(=O)(=O)c1ccc2c(c1)nc(SCC(=O)Nc1ccccc1C(C)=O)n2CC. The van der Waals surface area contributed by atoms with Crippen molar-refractivity contribution in [3.63, 3.8) is 0 Å². The van der Waals surface area contributed by atoms with Crippen molar-refractivity contribution in [2.24, 2.45) is 0 Å². The molecule has 0 aliphatic heterocycles. The lowest BCUT2D eigenvalue weighted by Gasteiger charge is -2.18. The fraction of sp³-hybridized carbons (Fsp3) is 0.348. The van der Waals surface area contributed by atoms with E-state index in [1.54, 1.807) is 56.3 Å². The molecule has 0 radical (unpaired) electrons. The van der Waals surface area contributed by atoms with Gasteiger partial charge in [0.2, 0.25) is 15.9 Å². The number of hydrogen-bond acceptors (Lipinski definition) is 6. The van der Waals surface area contributed by atoms with E-state index < -0.39 is 10.0 Å². The van der Waals surface area contributed by atoms with Gasteiger partial charge in [0.1, 0.15) is 0 Å². The molecular weight excluding hydrogens is 460 g/mol. The van der Waals surface area contributed by atoms with Crippen molar-refractivity contribution in [1.29, 1.82) is 0 Å². The zero-order valence-corrected chi connectivity index (χ0v) is 20.8. The summed E-state index contributed by atoms with van der Waals surface area (Å²) in [7, 11) is -3.59. The highest BCUT2D eigenvalue weighted by molar-refractivity contribution is 7.99. The van der Waals surface area contributed by atoms with Gasteiger partial charge in [0, 0.05) is 25.2 Å². The summed E-state index contributed by atoms with van der Waals surface area (Å²) in [6.07, 6.45) is 0. The van der Waals surface area contributed by atoms with Crippen LogP contribution in [0.4, 0.5) is 5.69 Å². The smallest absolute Gasteiger partial charge is 0.243 e.